The molecule has 0 aliphatic rings. The maximum atomic E-state index is 12.4. The van der Waals surface area contributed by atoms with E-state index in [1.54, 1.807) is 0 Å². The maximum Gasteiger partial charge on any atom is 0.358 e. The molecule has 2 N–H and O–H groups in total. The van der Waals surface area contributed by atoms with E-state index in [9.17, 15) is 18.7 Å². The van der Waals surface area contributed by atoms with Gasteiger partial charge in [-0.15, -0.1) is 0 Å². The molecule has 0 saturated carbocycles. The summed E-state index contributed by atoms with van der Waals surface area (Å²) in [6, 6.07) is 0.965. The van der Waals surface area contributed by atoms with Crippen LogP contribution in [0.5, 0.6) is 5.75 Å². The van der Waals surface area contributed by atoms with Gasteiger partial charge in [0, 0.05) is 5.33 Å². The second-order valence-corrected chi connectivity index (χ2v) is 3.20. The van der Waals surface area contributed by atoms with E-state index >= 15 is 0 Å². The van der Waals surface area contributed by atoms with Crippen molar-refractivity contribution in [2.75, 3.05) is 0 Å². The van der Waals surface area contributed by atoms with Crippen LogP contribution in [0.3, 0.4) is 0 Å². The van der Waals surface area contributed by atoms with Crippen LogP contribution in [0.15, 0.2) is 6.07 Å². The normalized spacial score (nSPS) is 10.7. The molecule has 0 bridgehead atoms. The van der Waals surface area contributed by atoms with E-state index in [-0.39, 0.29) is 10.9 Å². The first kappa shape index (κ1) is 11.8. The molecule has 0 spiro atoms. The Morgan fingerprint density at radius 1 is 1.60 bits per heavy atom. The van der Waals surface area contributed by atoms with Gasteiger partial charge in [-0.1, -0.05) is 15.9 Å². The zero-order chi connectivity index (χ0) is 11.6. The number of carboxylic acid groups (broad SMARTS) is 1. The van der Waals surface area contributed by atoms with Gasteiger partial charge in [0.25, 0.3) is 6.43 Å². The second-order valence-electron chi connectivity index (χ2n) is 2.64. The Hall–Kier alpha value is -1.24. The van der Waals surface area contributed by atoms with E-state index in [1.807, 2.05) is 0 Å². The minimum atomic E-state index is -2.88. The number of carboxylic acids is 1. The van der Waals surface area contributed by atoms with Crippen LogP contribution < -0.4 is 0 Å². The predicted molar refractivity (Wildman–Crippen MR) is 50.4 cm³/mol. The molecule has 15 heavy (non-hydrogen) atoms. The Morgan fingerprint density at radius 2 is 2.20 bits per heavy atom. The summed E-state index contributed by atoms with van der Waals surface area (Å²) in [6.45, 7) is 0. The summed E-state index contributed by atoms with van der Waals surface area (Å²) in [4.78, 5) is 13.7. The summed E-state index contributed by atoms with van der Waals surface area (Å²) in [7, 11) is 0. The predicted octanol–water partition coefficient (Wildman–Crippen LogP) is 2.32. The molecule has 0 saturated heterocycles. The highest BCUT2D eigenvalue weighted by Crippen LogP contribution is 2.27. The van der Waals surface area contributed by atoms with Gasteiger partial charge in [-0.2, -0.15) is 0 Å². The summed E-state index contributed by atoms with van der Waals surface area (Å²) >= 11 is 2.94. The van der Waals surface area contributed by atoms with Gasteiger partial charge in [0.2, 0.25) is 0 Å². The van der Waals surface area contributed by atoms with Crippen molar-refractivity contribution in [2.24, 2.45) is 0 Å². The average molecular weight is 282 g/mol. The topological polar surface area (TPSA) is 70.4 Å². The summed E-state index contributed by atoms with van der Waals surface area (Å²) in [5.41, 5.74) is -1.34. The molecule has 0 aliphatic heterocycles. The minimum absolute atomic E-state index is 0.0625. The highest BCUT2D eigenvalue weighted by Gasteiger charge is 2.21. The quantitative estimate of drug-likeness (QED) is 0.835. The van der Waals surface area contributed by atoms with Crippen molar-refractivity contribution in [3.05, 3.63) is 23.0 Å². The summed E-state index contributed by atoms with van der Waals surface area (Å²) in [5, 5.41) is 17.8. The third-order valence-electron chi connectivity index (χ3n) is 1.67. The lowest BCUT2D eigenvalue weighted by molar-refractivity contribution is 0.0685. The maximum absolute atomic E-state index is 12.4. The van der Waals surface area contributed by atoms with Gasteiger partial charge in [0.1, 0.15) is 11.4 Å². The molecule has 1 rings (SSSR count). The number of carbonyl (C=O) groups is 1. The SMILES string of the molecule is O=C(O)c1nc(C(F)F)c(CBr)cc1O. The summed E-state index contributed by atoms with van der Waals surface area (Å²) in [5.74, 6) is -2.17. The average Bonchev–Trinajstić information content (AvgIpc) is 2.16. The zero-order valence-electron chi connectivity index (χ0n) is 7.25. The van der Waals surface area contributed by atoms with Crippen molar-refractivity contribution in [1.82, 2.24) is 4.98 Å². The molecular weight excluding hydrogens is 276 g/mol. The number of aromatic hydroxyl groups is 1. The van der Waals surface area contributed by atoms with Crippen LogP contribution in [0, 0.1) is 0 Å². The molecule has 1 aromatic heterocycles. The summed E-state index contributed by atoms with van der Waals surface area (Å²) < 4.78 is 24.9. The molecule has 0 atom stereocenters. The molecule has 4 nitrogen and oxygen atoms in total. The molecule has 0 unspecified atom stereocenters. The largest absolute Gasteiger partial charge is 0.505 e. The third-order valence-corrected chi connectivity index (χ3v) is 2.27. The molecule has 0 radical (unpaired) electrons. The molecule has 0 aromatic carbocycles. The fourth-order valence-corrected chi connectivity index (χ4v) is 1.46. The van der Waals surface area contributed by atoms with Crippen LogP contribution >= 0.6 is 15.9 Å². The Bertz CT molecular complexity index is 398. The first-order chi connectivity index (χ1) is 6.97. The Labute approximate surface area is 91.7 Å². The van der Waals surface area contributed by atoms with Crippen LogP contribution in [0.25, 0.3) is 0 Å². The Kier molecular flexibility index (Phi) is 3.57. The lowest BCUT2D eigenvalue weighted by atomic mass is 10.2. The van der Waals surface area contributed by atoms with Crippen molar-refractivity contribution in [1.29, 1.82) is 0 Å². The standard InChI is InChI=1S/C8H6BrF2NO3/c9-2-3-1-4(13)6(8(14)15)12-5(3)7(10)11/h1,7,13H,2H2,(H,14,15). The lowest BCUT2D eigenvalue weighted by Crippen LogP contribution is -2.06. The number of hydrogen-bond acceptors (Lipinski definition) is 3. The van der Waals surface area contributed by atoms with Crippen LogP contribution in [-0.2, 0) is 5.33 Å². The van der Waals surface area contributed by atoms with E-state index in [1.165, 1.54) is 0 Å². The van der Waals surface area contributed by atoms with E-state index in [0.29, 0.717) is 0 Å². The van der Waals surface area contributed by atoms with Crippen LogP contribution in [-0.4, -0.2) is 21.2 Å². The Balaban J connectivity index is 3.37. The number of alkyl halides is 3. The van der Waals surface area contributed by atoms with E-state index in [0.717, 1.165) is 6.07 Å². The van der Waals surface area contributed by atoms with Gasteiger partial charge >= 0.3 is 5.97 Å². The number of pyridine rings is 1. The highest BCUT2D eigenvalue weighted by atomic mass is 79.9. The van der Waals surface area contributed by atoms with Gasteiger partial charge in [-0.3, -0.25) is 0 Å². The lowest BCUT2D eigenvalue weighted by Gasteiger charge is -2.07. The molecule has 7 heteroatoms. The fraction of sp³-hybridized carbons (Fsp3) is 0.250. The van der Waals surface area contributed by atoms with Gasteiger partial charge in [0.15, 0.2) is 5.69 Å². The number of hydrogen-bond donors (Lipinski definition) is 2. The number of nitrogens with zero attached hydrogens (tertiary/aromatic N) is 1. The second kappa shape index (κ2) is 4.52. The van der Waals surface area contributed by atoms with Crippen LogP contribution in [0.2, 0.25) is 0 Å². The molecule has 0 amide bonds. The number of aromatic carboxylic acids is 1. The summed E-state index contributed by atoms with van der Waals surface area (Å²) in [6.07, 6.45) is -2.88. The molecule has 0 fully saturated rings. The Morgan fingerprint density at radius 3 is 2.60 bits per heavy atom. The van der Waals surface area contributed by atoms with Crippen molar-refractivity contribution < 1.29 is 23.8 Å². The fourth-order valence-electron chi connectivity index (χ4n) is 1.01. The van der Waals surface area contributed by atoms with Crippen molar-refractivity contribution in [3.63, 3.8) is 0 Å². The van der Waals surface area contributed by atoms with Crippen molar-refractivity contribution >= 4 is 21.9 Å². The van der Waals surface area contributed by atoms with Crippen LogP contribution in [0.1, 0.15) is 28.2 Å². The minimum Gasteiger partial charge on any atom is -0.505 e. The van der Waals surface area contributed by atoms with Gasteiger partial charge < -0.3 is 10.2 Å². The van der Waals surface area contributed by atoms with Crippen LogP contribution in [0.4, 0.5) is 8.78 Å². The van der Waals surface area contributed by atoms with Gasteiger partial charge in [0.05, 0.1) is 0 Å². The van der Waals surface area contributed by atoms with E-state index < -0.39 is 29.5 Å². The first-order valence-electron chi connectivity index (χ1n) is 3.77. The monoisotopic (exact) mass is 281 g/mol. The molecule has 1 heterocycles. The highest BCUT2D eigenvalue weighted by molar-refractivity contribution is 9.08. The first-order valence-corrected chi connectivity index (χ1v) is 4.89. The number of halogens is 3. The van der Waals surface area contributed by atoms with Crippen molar-refractivity contribution in [3.8, 4) is 5.75 Å². The zero-order valence-corrected chi connectivity index (χ0v) is 8.83. The molecule has 0 aliphatic carbocycles. The molecular formula is C8H6BrF2NO3. The number of aromatic nitrogens is 1. The third kappa shape index (κ3) is 2.41. The number of rotatable bonds is 3. The molecule has 82 valence electrons. The van der Waals surface area contributed by atoms with Crippen molar-refractivity contribution in [2.45, 2.75) is 11.8 Å². The smallest absolute Gasteiger partial charge is 0.358 e. The van der Waals surface area contributed by atoms with E-state index in [2.05, 4.69) is 20.9 Å². The van der Waals surface area contributed by atoms with E-state index in [4.69, 9.17) is 5.11 Å². The van der Waals surface area contributed by atoms with Gasteiger partial charge in [-0.05, 0) is 11.6 Å². The van der Waals surface area contributed by atoms with Gasteiger partial charge in [-0.25, -0.2) is 18.6 Å². The molecule has 1 aromatic rings.